The van der Waals surface area contributed by atoms with Crippen molar-refractivity contribution in [1.82, 2.24) is 4.98 Å². The molecule has 1 heterocycles. The van der Waals surface area contributed by atoms with Gasteiger partial charge in [-0.05, 0) is 41.5 Å². The third kappa shape index (κ3) is 5.39. The Morgan fingerprint density at radius 2 is 1.53 bits per heavy atom. The van der Waals surface area contributed by atoms with Crippen LogP contribution >= 0.6 is 11.6 Å². The number of pyridine rings is 1. The van der Waals surface area contributed by atoms with Gasteiger partial charge < -0.3 is 10.1 Å². The Labute approximate surface area is 224 Å². The third-order valence-electron chi connectivity index (χ3n) is 5.93. The van der Waals surface area contributed by atoms with E-state index in [1.54, 1.807) is 18.2 Å². The van der Waals surface area contributed by atoms with Crippen molar-refractivity contribution in [1.29, 1.82) is 5.26 Å². The molecule has 0 saturated carbocycles. The van der Waals surface area contributed by atoms with Crippen LogP contribution < -0.4 is 5.32 Å². The Kier molecular flexibility index (Phi) is 7.12. The summed E-state index contributed by atoms with van der Waals surface area (Å²) in [7, 11) is 0. The molecule has 0 radical (unpaired) electrons. The van der Waals surface area contributed by atoms with Gasteiger partial charge in [0.1, 0.15) is 6.07 Å². The summed E-state index contributed by atoms with van der Waals surface area (Å²) < 4.78 is 5.35. The predicted molar refractivity (Wildman–Crippen MR) is 148 cm³/mol. The van der Waals surface area contributed by atoms with Crippen molar-refractivity contribution in [3.8, 4) is 28.5 Å². The molecule has 184 valence electrons. The molecule has 0 saturated heterocycles. The zero-order valence-corrected chi connectivity index (χ0v) is 20.8. The molecule has 0 fully saturated rings. The molecule has 0 unspecified atom stereocenters. The summed E-state index contributed by atoms with van der Waals surface area (Å²) in [5.41, 5.74) is 5.04. The van der Waals surface area contributed by atoms with E-state index in [1.807, 2.05) is 78.9 Å². The Morgan fingerprint density at radius 3 is 2.29 bits per heavy atom. The molecular formula is C31H20ClN3O3. The van der Waals surface area contributed by atoms with Crippen molar-refractivity contribution in [2.45, 2.75) is 0 Å². The number of hydrogen-bond acceptors (Lipinski definition) is 5. The van der Waals surface area contributed by atoms with E-state index in [0.29, 0.717) is 27.2 Å². The van der Waals surface area contributed by atoms with Gasteiger partial charge in [-0.15, -0.1) is 0 Å². The van der Waals surface area contributed by atoms with E-state index in [4.69, 9.17) is 21.3 Å². The molecule has 0 spiro atoms. The van der Waals surface area contributed by atoms with E-state index in [1.165, 1.54) is 12.1 Å². The van der Waals surface area contributed by atoms with Crippen LogP contribution in [0.15, 0.2) is 103 Å². The second kappa shape index (κ2) is 11.0. The monoisotopic (exact) mass is 517 g/mol. The predicted octanol–water partition coefficient (Wildman–Crippen LogP) is 6.89. The molecule has 4 aromatic carbocycles. The lowest BCUT2D eigenvalue weighted by molar-refractivity contribution is -0.119. The molecule has 0 atom stereocenters. The lowest BCUT2D eigenvalue weighted by atomic mass is 10.0. The van der Waals surface area contributed by atoms with Gasteiger partial charge in [0, 0.05) is 16.0 Å². The SMILES string of the molecule is N#Cc1ccc(Cl)cc1NC(=O)COC(=O)c1cc(-c2ccc(-c3ccccc3)cc2)nc2ccccc12. The maximum absolute atomic E-state index is 13.1. The van der Waals surface area contributed by atoms with Crippen molar-refractivity contribution in [3.05, 3.63) is 119 Å². The average molecular weight is 518 g/mol. The standard InChI is InChI=1S/C31H20ClN3O3/c32-24-15-14-23(18-33)28(16-24)35-30(36)19-38-31(37)26-17-29(34-27-9-5-4-8-25(26)27)22-12-10-21(11-13-22)20-6-2-1-3-7-20/h1-17H,19H2,(H,35,36). The van der Waals surface area contributed by atoms with Gasteiger partial charge in [0.2, 0.25) is 0 Å². The number of halogens is 1. The maximum Gasteiger partial charge on any atom is 0.339 e. The minimum Gasteiger partial charge on any atom is -0.452 e. The summed E-state index contributed by atoms with van der Waals surface area (Å²) in [6.45, 7) is -0.534. The highest BCUT2D eigenvalue weighted by Gasteiger charge is 2.17. The minimum absolute atomic E-state index is 0.247. The normalized spacial score (nSPS) is 10.5. The van der Waals surface area contributed by atoms with E-state index >= 15 is 0 Å². The van der Waals surface area contributed by atoms with Crippen molar-refractivity contribution < 1.29 is 14.3 Å². The number of ether oxygens (including phenoxy) is 1. The van der Waals surface area contributed by atoms with Crippen LogP contribution in [0.4, 0.5) is 5.69 Å². The zero-order chi connectivity index (χ0) is 26.5. The Morgan fingerprint density at radius 1 is 0.842 bits per heavy atom. The van der Waals surface area contributed by atoms with Crippen LogP contribution in [0.3, 0.4) is 0 Å². The van der Waals surface area contributed by atoms with E-state index in [2.05, 4.69) is 5.32 Å². The first-order chi connectivity index (χ1) is 18.5. The summed E-state index contributed by atoms with van der Waals surface area (Å²) in [4.78, 5) is 30.3. The molecule has 5 aromatic rings. The molecule has 5 rings (SSSR count). The van der Waals surface area contributed by atoms with Gasteiger partial charge in [-0.1, -0.05) is 84.4 Å². The first kappa shape index (κ1) is 24.7. The molecule has 1 aromatic heterocycles. The fourth-order valence-electron chi connectivity index (χ4n) is 4.07. The lowest BCUT2D eigenvalue weighted by Crippen LogP contribution is -2.21. The van der Waals surface area contributed by atoms with E-state index < -0.39 is 18.5 Å². The second-order valence-corrected chi connectivity index (χ2v) is 8.88. The molecule has 7 heteroatoms. The number of fused-ring (bicyclic) bond motifs is 1. The van der Waals surface area contributed by atoms with Crippen LogP contribution in [0.2, 0.25) is 5.02 Å². The van der Waals surface area contributed by atoms with Crippen LogP contribution in [-0.2, 0) is 9.53 Å². The fourth-order valence-corrected chi connectivity index (χ4v) is 4.24. The Bertz CT molecular complexity index is 1690. The number of nitrogens with one attached hydrogen (secondary N) is 1. The van der Waals surface area contributed by atoms with Crippen LogP contribution in [0.5, 0.6) is 0 Å². The first-order valence-corrected chi connectivity index (χ1v) is 12.1. The molecule has 1 N–H and O–H groups in total. The van der Waals surface area contributed by atoms with Crippen LogP contribution in [0.25, 0.3) is 33.3 Å². The van der Waals surface area contributed by atoms with Crippen molar-refractivity contribution in [3.63, 3.8) is 0 Å². The molecule has 1 amide bonds. The van der Waals surface area contributed by atoms with Crippen molar-refractivity contribution in [2.24, 2.45) is 0 Å². The Hall–Kier alpha value is -4.99. The van der Waals surface area contributed by atoms with Crippen molar-refractivity contribution in [2.75, 3.05) is 11.9 Å². The number of amides is 1. The van der Waals surface area contributed by atoms with E-state index in [-0.39, 0.29) is 11.3 Å². The fraction of sp³-hybridized carbons (Fsp3) is 0.0323. The van der Waals surface area contributed by atoms with Gasteiger partial charge in [0.25, 0.3) is 5.91 Å². The minimum atomic E-state index is -0.660. The number of carbonyl (C=O) groups is 2. The number of rotatable bonds is 6. The van der Waals surface area contributed by atoms with Crippen LogP contribution in [-0.4, -0.2) is 23.5 Å². The highest BCUT2D eigenvalue weighted by atomic mass is 35.5. The number of para-hydroxylation sites is 1. The molecule has 0 aliphatic carbocycles. The maximum atomic E-state index is 13.1. The summed E-state index contributed by atoms with van der Waals surface area (Å²) >= 11 is 5.97. The number of nitrogens with zero attached hydrogens (tertiary/aromatic N) is 2. The number of aromatic nitrogens is 1. The smallest absolute Gasteiger partial charge is 0.339 e. The number of anilines is 1. The summed E-state index contributed by atoms with van der Waals surface area (Å²) in [6.07, 6.45) is 0. The molecule has 6 nitrogen and oxygen atoms in total. The third-order valence-corrected chi connectivity index (χ3v) is 6.17. The van der Waals surface area contributed by atoms with Gasteiger partial charge in [0.05, 0.1) is 28.0 Å². The summed E-state index contributed by atoms with van der Waals surface area (Å²) in [5.74, 6) is -1.25. The molecule has 0 aliphatic heterocycles. The molecule has 0 bridgehead atoms. The highest BCUT2D eigenvalue weighted by molar-refractivity contribution is 6.31. The van der Waals surface area contributed by atoms with E-state index in [0.717, 1.165) is 16.7 Å². The summed E-state index contributed by atoms with van der Waals surface area (Å²) in [6, 6.07) is 33.4. The number of nitriles is 1. The van der Waals surface area contributed by atoms with Crippen molar-refractivity contribution >= 4 is 40.1 Å². The number of benzene rings is 4. The first-order valence-electron chi connectivity index (χ1n) is 11.7. The van der Waals surface area contributed by atoms with Gasteiger partial charge >= 0.3 is 5.97 Å². The molecule has 38 heavy (non-hydrogen) atoms. The van der Waals surface area contributed by atoms with E-state index in [9.17, 15) is 14.9 Å². The lowest BCUT2D eigenvalue weighted by Gasteiger charge is -2.11. The highest BCUT2D eigenvalue weighted by Crippen LogP contribution is 2.28. The molecular weight excluding hydrogens is 498 g/mol. The second-order valence-electron chi connectivity index (χ2n) is 8.44. The topological polar surface area (TPSA) is 92.1 Å². The largest absolute Gasteiger partial charge is 0.452 e. The average Bonchev–Trinajstić information content (AvgIpc) is 2.96. The van der Waals surface area contributed by atoms with Gasteiger partial charge in [-0.25, -0.2) is 9.78 Å². The van der Waals surface area contributed by atoms with Crippen LogP contribution in [0.1, 0.15) is 15.9 Å². The number of carbonyl (C=O) groups excluding carboxylic acids is 2. The summed E-state index contributed by atoms with van der Waals surface area (Å²) in [5, 5.41) is 12.8. The quantitative estimate of drug-likeness (QED) is 0.248. The molecule has 0 aliphatic rings. The number of hydrogen-bond donors (Lipinski definition) is 1. The zero-order valence-electron chi connectivity index (χ0n) is 20.0. The Balaban J connectivity index is 1.38. The van der Waals surface area contributed by atoms with Gasteiger partial charge in [-0.2, -0.15) is 5.26 Å². The number of esters is 1. The van der Waals surface area contributed by atoms with Gasteiger partial charge in [-0.3, -0.25) is 4.79 Å². The van der Waals surface area contributed by atoms with Gasteiger partial charge in [0.15, 0.2) is 6.61 Å². The van der Waals surface area contributed by atoms with Crippen LogP contribution in [0, 0.1) is 11.3 Å².